The normalized spacial score (nSPS) is 11.1. The van der Waals surface area contributed by atoms with E-state index in [4.69, 9.17) is 4.74 Å². The van der Waals surface area contributed by atoms with E-state index in [9.17, 15) is 4.79 Å². The minimum atomic E-state index is -0.200. The van der Waals surface area contributed by atoms with Crippen LogP contribution in [0.3, 0.4) is 0 Å². The van der Waals surface area contributed by atoms with Gasteiger partial charge in [-0.05, 0) is 44.9 Å². The minimum absolute atomic E-state index is 0.0726. The summed E-state index contributed by atoms with van der Waals surface area (Å²) in [6.07, 6.45) is -0.0726. The van der Waals surface area contributed by atoms with Crippen LogP contribution in [-0.4, -0.2) is 22.8 Å². The molecule has 0 amide bonds. The van der Waals surface area contributed by atoms with Gasteiger partial charge in [-0.2, -0.15) is 0 Å². The Morgan fingerprint density at radius 1 is 1.30 bits per heavy atom. The first-order valence-electron chi connectivity index (χ1n) is 6.66. The SMILES string of the molecule is Cc1cc(SCC(=O)OC(C)C)nc2c(C)cccc12. The van der Waals surface area contributed by atoms with Crippen molar-refractivity contribution in [3.63, 3.8) is 0 Å². The van der Waals surface area contributed by atoms with Crippen LogP contribution >= 0.6 is 11.8 Å². The van der Waals surface area contributed by atoms with Gasteiger partial charge in [-0.25, -0.2) is 4.98 Å². The van der Waals surface area contributed by atoms with Gasteiger partial charge in [-0.3, -0.25) is 4.79 Å². The van der Waals surface area contributed by atoms with Crippen molar-refractivity contribution >= 4 is 28.6 Å². The van der Waals surface area contributed by atoms with Gasteiger partial charge in [0.2, 0.25) is 0 Å². The van der Waals surface area contributed by atoms with E-state index >= 15 is 0 Å². The van der Waals surface area contributed by atoms with Crippen molar-refractivity contribution in [1.82, 2.24) is 4.98 Å². The standard InChI is InChI=1S/C16H19NO2S/c1-10(2)19-15(18)9-20-14-8-12(4)13-7-5-6-11(3)16(13)17-14/h5-8,10H,9H2,1-4H3. The first kappa shape index (κ1) is 14.9. The molecule has 0 fully saturated rings. The number of hydrogen-bond donors (Lipinski definition) is 0. The number of para-hydroxylation sites is 1. The van der Waals surface area contributed by atoms with Crippen molar-refractivity contribution in [1.29, 1.82) is 0 Å². The molecular weight excluding hydrogens is 270 g/mol. The molecular formula is C16H19NO2S. The van der Waals surface area contributed by atoms with E-state index < -0.39 is 0 Å². The van der Waals surface area contributed by atoms with Crippen LogP contribution in [-0.2, 0) is 9.53 Å². The highest BCUT2D eigenvalue weighted by Gasteiger charge is 2.09. The van der Waals surface area contributed by atoms with Crippen LogP contribution in [0.15, 0.2) is 29.3 Å². The summed E-state index contributed by atoms with van der Waals surface area (Å²) in [5.74, 6) is 0.0940. The number of fused-ring (bicyclic) bond motifs is 1. The van der Waals surface area contributed by atoms with Crippen molar-refractivity contribution in [3.8, 4) is 0 Å². The van der Waals surface area contributed by atoms with Gasteiger partial charge in [0.05, 0.1) is 22.4 Å². The zero-order valence-corrected chi connectivity index (χ0v) is 13.1. The number of carbonyl (C=O) groups excluding carboxylic acids is 1. The number of hydrogen-bond acceptors (Lipinski definition) is 4. The Morgan fingerprint density at radius 3 is 2.75 bits per heavy atom. The van der Waals surface area contributed by atoms with Crippen LogP contribution < -0.4 is 0 Å². The average Bonchev–Trinajstić information content (AvgIpc) is 2.37. The second-order valence-electron chi connectivity index (χ2n) is 5.08. The van der Waals surface area contributed by atoms with Gasteiger partial charge < -0.3 is 4.74 Å². The molecule has 1 heterocycles. The number of nitrogens with zero attached hydrogens (tertiary/aromatic N) is 1. The third kappa shape index (κ3) is 3.51. The molecule has 0 unspecified atom stereocenters. The largest absolute Gasteiger partial charge is 0.462 e. The van der Waals surface area contributed by atoms with Crippen molar-refractivity contribution in [2.24, 2.45) is 0 Å². The molecule has 1 aromatic heterocycles. The summed E-state index contributed by atoms with van der Waals surface area (Å²) in [5, 5.41) is 2.03. The van der Waals surface area contributed by atoms with Crippen molar-refractivity contribution in [2.45, 2.75) is 38.8 Å². The minimum Gasteiger partial charge on any atom is -0.462 e. The van der Waals surface area contributed by atoms with E-state index in [-0.39, 0.29) is 12.1 Å². The number of thioether (sulfide) groups is 1. The van der Waals surface area contributed by atoms with E-state index in [2.05, 4.69) is 31.0 Å². The molecule has 0 aliphatic heterocycles. The fourth-order valence-electron chi connectivity index (χ4n) is 2.03. The topological polar surface area (TPSA) is 39.2 Å². The number of carbonyl (C=O) groups is 1. The predicted octanol–water partition coefficient (Wildman–Crippen LogP) is 3.90. The molecule has 0 radical (unpaired) electrons. The van der Waals surface area contributed by atoms with Crippen LogP contribution in [0.25, 0.3) is 10.9 Å². The molecule has 0 saturated heterocycles. The summed E-state index contributed by atoms with van der Waals surface area (Å²) in [6, 6.07) is 8.19. The third-order valence-electron chi connectivity index (χ3n) is 2.93. The lowest BCUT2D eigenvalue weighted by atomic mass is 10.1. The highest BCUT2D eigenvalue weighted by Crippen LogP contribution is 2.25. The Kier molecular flexibility index (Phi) is 4.65. The number of aromatic nitrogens is 1. The van der Waals surface area contributed by atoms with Crippen LogP contribution in [0.4, 0.5) is 0 Å². The smallest absolute Gasteiger partial charge is 0.316 e. The Bertz CT molecular complexity index is 638. The summed E-state index contributed by atoms with van der Waals surface area (Å²) < 4.78 is 5.13. The van der Waals surface area contributed by atoms with Gasteiger partial charge in [-0.15, -0.1) is 0 Å². The molecule has 2 rings (SSSR count). The summed E-state index contributed by atoms with van der Waals surface area (Å²) >= 11 is 1.42. The van der Waals surface area contributed by atoms with Gasteiger partial charge in [0.15, 0.2) is 0 Å². The number of rotatable bonds is 4. The van der Waals surface area contributed by atoms with Crippen molar-refractivity contribution in [3.05, 3.63) is 35.4 Å². The summed E-state index contributed by atoms with van der Waals surface area (Å²) in [5.41, 5.74) is 3.34. The lowest BCUT2D eigenvalue weighted by Crippen LogP contribution is -2.13. The molecule has 3 nitrogen and oxygen atoms in total. The second-order valence-corrected chi connectivity index (χ2v) is 6.07. The number of aryl methyl sites for hydroxylation is 2. The Balaban J connectivity index is 2.19. The first-order valence-corrected chi connectivity index (χ1v) is 7.65. The predicted molar refractivity (Wildman–Crippen MR) is 83.2 cm³/mol. The molecule has 0 aliphatic carbocycles. The molecule has 0 aliphatic rings. The molecule has 0 bridgehead atoms. The zero-order chi connectivity index (χ0) is 14.7. The molecule has 0 saturated carbocycles. The molecule has 20 heavy (non-hydrogen) atoms. The first-order chi connectivity index (χ1) is 9.47. The molecule has 106 valence electrons. The maximum atomic E-state index is 11.6. The van der Waals surface area contributed by atoms with Crippen LogP contribution in [0.1, 0.15) is 25.0 Å². The molecule has 0 atom stereocenters. The van der Waals surface area contributed by atoms with Crippen LogP contribution in [0.5, 0.6) is 0 Å². The molecule has 0 N–H and O–H groups in total. The maximum absolute atomic E-state index is 11.6. The van der Waals surface area contributed by atoms with Crippen molar-refractivity contribution < 1.29 is 9.53 Å². The number of pyridine rings is 1. The molecule has 4 heteroatoms. The van der Waals surface area contributed by atoms with Gasteiger partial charge >= 0.3 is 5.97 Å². The Labute approximate surface area is 123 Å². The monoisotopic (exact) mass is 289 g/mol. The fraction of sp³-hybridized carbons (Fsp3) is 0.375. The highest BCUT2D eigenvalue weighted by atomic mass is 32.2. The second kappa shape index (κ2) is 6.27. The number of benzene rings is 1. The number of esters is 1. The van der Waals surface area contributed by atoms with E-state index in [1.54, 1.807) is 0 Å². The molecule has 1 aromatic carbocycles. The van der Waals surface area contributed by atoms with E-state index in [1.807, 2.05) is 26.0 Å². The van der Waals surface area contributed by atoms with E-state index in [0.29, 0.717) is 5.75 Å². The average molecular weight is 289 g/mol. The van der Waals surface area contributed by atoms with Gasteiger partial charge in [0.1, 0.15) is 0 Å². The Hall–Kier alpha value is -1.55. The third-order valence-corrected chi connectivity index (χ3v) is 3.81. The molecule has 0 spiro atoms. The summed E-state index contributed by atoms with van der Waals surface area (Å²) in [4.78, 5) is 16.2. The van der Waals surface area contributed by atoms with Gasteiger partial charge in [-0.1, -0.05) is 30.0 Å². The van der Waals surface area contributed by atoms with Crippen LogP contribution in [0.2, 0.25) is 0 Å². The van der Waals surface area contributed by atoms with Gasteiger partial charge in [0, 0.05) is 5.39 Å². The molecule has 2 aromatic rings. The summed E-state index contributed by atoms with van der Waals surface area (Å²) in [6.45, 7) is 7.82. The number of ether oxygens (including phenoxy) is 1. The summed E-state index contributed by atoms with van der Waals surface area (Å²) in [7, 11) is 0. The lowest BCUT2D eigenvalue weighted by molar-refractivity contribution is -0.144. The van der Waals surface area contributed by atoms with Crippen LogP contribution in [0, 0.1) is 13.8 Å². The lowest BCUT2D eigenvalue weighted by Gasteiger charge is -2.09. The highest BCUT2D eigenvalue weighted by molar-refractivity contribution is 7.99. The van der Waals surface area contributed by atoms with Gasteiger partial charge in [0.25, 0.3) is 0 Å². The quantitative estimate of drug-likeness (QED) is 0.632. The fourth-order valence-corrected chi connectivity index (χ4v) is 2.78. The van der Waals surface area contributed by atoms with Crippen molar-refractivity contribution in [2.75, 3.05) is 5.75 Å². The van der Waals surface area contributed by atoms with E-state index in [1.165, 1.54) is 22.7 Å². The van der Waals surface area contributed by atoms with E-state index in [0.717, 1.165) is 16.1 Å². The zero-order valence-electron chi connectivity index (χ0n) is 12.3. The maximum Gasteiger partial charge on any atom is 0.316 e. The Morgan fingerprint density at radius 2 is 2.05 bits per heavy atom.